The van der Waals surface area contributed by atoms with Crippen molar-refractivity contribution in [3.05, 3.63) is 103 Å². The molecular weight excluding hydrogens is 421 g/mol. The zero-order chi connectivity index (χ0) is 20.9. The van der Waals surface area contributed by atoms with Gasteiger partial charge in [-0.25, -0.2) is 4.98 Å². The van der Waals surface area contributed by atoms with E-state index in [-0.39, 0.29) is 0 Å². The van der Waals surface area contributed by atoms with Gasteiger partial charge in [0.15, 0.2) is 5.58 Å². The molecule has 0 aliphatic rings. The van der Waals surface area contributed by atoms with Crippen molar-refractivity contribution in [2.24, 2.45) is 0 Å². The minimum atomic E-state index is -0.737. The van der Waals surface area contributed by atoms with E-state index in [4.69, 9.17) is 12.0 Å². The van der Waals surface area contributed by atoms with Crippen LogP contribution in [0.15, 0.2) is 117 Å². The highest BCUT2D eigenvalue weighted by Gasteiger charge is 2.15. The maximum atomic E-state index is 5.97. The number of fused-ring (bicyclic) bond motifs is 1. The van der Waals surface area contributed by atoms with Gasteiger partial charge in [0.05, 0.1) is 17.1 Å². The summed E-state index contributed by atoms with van der Waals surface area (Å²) in [5, 5.41) is 0. The Morgan fingerprint density at radius 1 is 0.677 bits per heavy atom. The lowest BCUT2D eigenvalue weighted by Gasteiger charge is -2.11. The van der Waals surface area contributed by atoms with Crippen LogP contribution >= 0.6 is 11.8 Å². The van der Waals surface area contributed by atoms with Crippen molar-refractivity contribution in [3.8, 4) is 23.0 Å². The number of oxazole rings is 1. The fourth-order valence-electron chi connectivity index (χ4n) is 3.08. The summed E-state index contributed by atoms with van der Waals surface area (Å²) in [6.45, 7) is 0. The Kier molecular flexibility index (Phi) is 5.95. The van der Waals surface area contributed by atoms with Crippen molar-refractivity contribution >= 4 is 38.7 Å². The van der Waals surface area contributed by atoms with E-state index >= 15 is 0 Å². The number of hydrogen-bond donors (Lipinski definition) is 0. The second-order valence-corrected chi connectivity index (χ2v) is 8.51. The van der Waals surface area contributed by atoms with E-state index in [9.17, 15) is 0 Å². The van der Waals surface area contributed by atoms with Gasteiger partial charge in [-0.15, -0.1) is 0 Å². The van der Waals surface area contributed by atoms with Gasteiger partial charge >= 0.3 is 15.9 Å². The van der Waals surface area contributed by atoms with E-state index in [0.717, 1.165) is 27.3 Å². The third-order valence-corrected chi connectivity index (χ3v) is 6.31. The van der Waals surface area contributed by atoms with Crippen LogP contribution in [0, 0.1) is 0 Å². The lowest BCUT2D eigenvalue weighted by molar-refractivity contribution is 0.458. The van der Waals surface area contributed by atoms with Crippen LogP contribution in [0.1, 0.15) is 0 Å². The number of hydrogen-bond acceptors (Lipinski definition) is 5. The minimum absolute atomic E-state index is 0.540. The van der Waals surface area contributed by atoms with Gasteiger partial charge in [-0.2, -0.15) is 0 Å². The van der Waals surface area contributed by atoms with Crippen molar-refractivity contribution < 1.29 is 12.0 Å². The summed E-state index contributed by atoms with van der Waals surface area (Å²) in [6.07, 6.45) is 0. The zero-order valence-electron chi connectivity index (χ0n) is 16.5. The van der Waals surface area contributed by atoms with Gasteiger partial charge in [0.1, 0.15) is 5.52 Å². The molecule has 5 aromatic rings. The summed E-state index contributed by atoms with van der Waals surface area (Å²) in [5.41, 5.74) is 2.39. The summed E-state index contributed by atoms with van der Waals surface area (Å²) < 4.78 is 17.7. The quantitative estimate of drug-likeness (QED) is 0.267. The Morgan fingerprint density at radius 2 is 1.39 bits per heavy atom. The lowest BCUT2D eigenvalue weighted by atomic mass is 10.2. The highest BCUT2D eigenvalue weighted by molar-refractivity contribution is 7.99. The van der Waals surface area contributed by atoms with Crippen LogP contribution in [0.2, 0.25) is 0 Å². The molecule has 0 aliphatic carbocycles. The maximum Gasteiger partial charge on any atom is 0.881 e. The van der Waals surface area contributed by atoms with Crippen molar-refractivity contribution in [3.63, 3.8) is 0 Å². The van der Waals surface area contributed by atoms with Gasteiger partial charge in [-0.3, -0.25) is 0 Å². The predicted octanol–water partition coefficient (Wildman–Crippen LogP) is 6.64. The predicted molar refractivity (Wildman–Crippen MR) is 123 cm³/mol. The fraction of sp³-hybridized carbons (Fsp3) is 0. The van der Waals surface area contributed by atoms with Gasteiger partial charge in [-0.1, -0.05) is 54.2 Å². The van der Waals surface area contributed by atoms with Crippen LogP contribution in [0.25, 0.3) is 22.6 Å². The summed E-state index contributed by atoms with van der Waals surface area (Å²) in [6, 6.07) is 33.8. The molecule has 0 saturated carbocycles. The van der Waals surface area contributed by atoms with Crippen LogP contribution in [-0.2, 0) is 0 Å². The molecule has 0 spiro atoms. The molecule has 4 aromatic carbocycles. The van der Waals surface area contributed by atoms with Crippen molar-refractivity contribution in [2.75, 3.05) is 0 Å². The Morgan fingerprint density at radius 3 is 2.23 bits per heavy atom. The second kappa shape index (κ2) is 9.32. The molecule has 0 bridgehead atoms. The van der Waals surface area contributed by atoms with E-state index in [1.165, 1.54) is 4.90 Å². The zero-order valence-corrected chi connectivity index (χ0v) is 18.4. The van der Waals surface area contributed by atoms with Crippen LogP contribution in [-0.4, -0.2) is 20.9 Å². The van der Waals surface area contributed by atoms with Gasteiger partial charge in [0, 0.05) is 9.79 Å². The third kappa shape index (κ3) is 4.78. The van der Waals surface area contributed by atoms with Crippen LogP contribution in [0.4, 0.5) is 0 Å². The first-order chi connectivity index (χ1) is 15.3. The van der Waals surface area contributed by atoms with E-state index in [2.05, 4.69) is 29.2 Å². The van der Waals surface area contributed by atoms with E-state index < -0.39 is 15.9 Å². The molecule has 0 N–H and O–H groups in total. The standard InChI is InChI=1S/C13H9NO2.C12H10OS.Al/c15-11-7-3-1-5-9(11)13-14-10-6-2-4-8-12(10)16-13;13-10-6-8-12(9-7-10)14-11-4-2-1-3-5-11;/h1-8,15H;1-9,13H;/q;;+2/p-2. The van der Waals surface area contributed by atoms with Crippen LogP contribution in [0.3, 0.4) is 0 Å². The van der Waals surface area contributed by atoms with E-state index in [1.807, 2.05) is 78.9 Å². The van der Waals surface area contributed by atoms with Gasteiger partial charge < -0.3 is 12.0 Å². The highest BCUT2D eigenvalue weighted by Crippen LogP contribution is 2.32. The average Bonchev–Trinajstić information content (AvgIpc) is 3.25. The smallest absolute Gasteiger partial charge is 0.616 e. The monoisotopic (exact) mass is 438 g/mol. The second-order valence-electron chi connectivity index (χ2n) is 6.70. The first-order valence-corrected chi connectivity index (χ1v) is 11.5. The molecule has 0 saturated heterocycles. The summed E-state index contributed by atoms with van der Waals surface area (Å²) in [4.78, 5) is 6.95. The first-order valence-electron chi connectivity index (χ1n) is 9.78. The molecule has 6 heteroatoms. The molecule has 4 nitrogen and oxygen atoms in total. The van der Waals surface area contributed by atoms with E-state index in [1.54, 1.807) is 11.8 Å². The minimum Gasteiger partial charge on any atom is -0.616 e. The fourth-order valence-corrected chi connectivity index (χ4v) is 4.54. The molecule has 149 valence electrons. The number of rotatable bonds is 7. The molecule has 0 amide bonds. The number of nitrogens with zero attached hydrogens (tertiary/aromatic N) is 1. The Balaban J connectivity index is 1.24. The summed E-state index contributed by atoms with van der Waals surface area (Å²) in [7, 11) is 0. The van der Waals surface area contributed by atoms with Crippen molar-refractivity contribution in [1.82, 2.24) is 4.98 Å². The molecule has 0 aliphatic heterocycles. The Bertz CT molecular complexity index is 1260. The molecule has 5 rings (SSSR count). The molecule has 0 atom stereocenters. The molecule has 1 aromatic heterocycles. The molecule has 0 fully saturated rings. The van der Waals surface area contributed by atoms with E-state index in [0.29, 0.717) is 11.6 Å². The molecule has 1 heterocycles. The van der Waals surface area contributed by atoms with Crippen molar-refractivity contribution in [1.29, 1.82) is 0 Å². The van der Waals surface area contributed by atoms with Gasteiger partial charge in [0.2, 0.25) is 5.89 Å². The molecule has 0 unspecified atom stereocenters. The maximum absolute atomic E-state index is 5.97. The summed E-state index contributed by atoms with van der Waals surface area (Å²) in [5.74, 6) is 2.02. The average molecular weight is 438 g/mol. The highest BCUT2D eigenvalue weighted by atomic mass is 32.2. The Hall–Kier alpha value is -3.17. The SMILES string of the molecule is c1ccc(Sc2ccc([O][Al][O]c3ccccc3-c3nc4ccccc4o3)cc2)cc1. The number of para-hydroxylation sites is 3. The lowest BCUT2D eigenvalue weighted by Crippen LogP contribution is -2.11. The largest absolute Gasteiger partial charge is 0.881 e. The molecule has 1 radical (unpaired) electrons. The van der Waals surface area contributed by atoms with Gasteiger partial charge in [0.25, 0.3) is 0 Å². The third-order valence-electron chi connectivity index (χ3n) is 4.57. The normalized spacial score (nSPS) is 10.7. The van der Waals surface area contributed by atoms with Crippen LogP contribution in [0.5, 0.6) is 11.5 Å². The first kappa shape index (κ1) is 19.8. The van der Waals surface area contributed by atoms with Crippen molar-refractivity contribution in [2.45, 2.75) is 9.79 Å². The topological polar surface area (TPSA) is 44.5 Å². The number of aromatic nitrogens is 1. The van der Waals surface area contributed by atoms with Gasteiger partial charge in [-0.05, 0) is 60.7 Å². The number of benzene rings is 4. The molecular formula is C25H17AlNO3S. The molecule has 31 heavy (non-hydrogen) atoms. The Labute approximate surface area is 191 Å². The van der Waals surface area contributed by atoms with Crippen LogP contribution < -0.4 is 7.58 Å². The summed E-state index contributed by atoms with van der Waals surface area (Å²) >= 11 is 0.984.